The predicted molar refractivity (Wildman–Crippen MR) is 128 cm³/mol. The summed E-state index contributed by atoms with van der Waals surface area (Å²) in [6.07, 6.45) is 12.5. The molecule has 1 aliphatic heterocycles. The van der Waals surface area contributed by atoms with Crippen molar-refractivity contribution < 1.29 is 4.79 Å². The summed E-state index contributed by atoms with van der Waals surface area (Å²) in [4.78, 5) is 18.6. The van der Waals surface area contributed by atoms with Gasteiger partial charge in [0.1, 0.15) is 0 Å². The zero-order valence-electron chi connectivity index (χ0n) is 19.2. The topological polar surface area (TPSA) is 116 Å². The molecule has 10 heteroatoms. The second-order valence-corrected chi connectivity index (χ2v) is 8.07. The van der Waals surface area contributed by atoms with E-state index in [0.717, 1.165) is 36.2 Å². The third-order valence-electron chi connectivity index (χ3n) is 6.00. The minimum Gasteiger partial charge on any atom is -0.389 e. The molecule has 1 saturated heterocycles. The van der Waals surface area contributed by atoms with Gasteiger partial charge >= 0.3 is 0 Å². The molecule has 0 spiro atoms. The highest BCUT2D eigenvalue weighted by molar-refractivity contribution is 6.07. The van der Waals surface area contributed by atoms with Crippen LogP contribution < -0.4 is 10.6 Å². The van der Waals surface area contributed by atoms with Crippen molar-refractivity contribution in [3.05, 3.63) is 42.7 Å². The van der Waals surface area contributed by atoms with Gasteiger partial charge in [-0.05, 0) is 18.9 Å². The van der Waals surface area contributed by atoms with Crippen LogP contribution in [0.15, 0.2) is 37.1 Å². The summed E-state index contributed by atoms with van der Waals surface area (Å²) in [6.45, 7) is 7.47. The summed E-state index contributed by atoms with van der Waals surface area (Å²) in [7, 11) is 0. The van der Waals surface area contributed by atoms with E-state index < -0.39 is 0 Å². The van der Waals surface area contributed by atoms with Gasteiger partial charge in [0.15, 0.2) is 0 Å². The number of piperazine rings is 1. The normalized spacial score (nSPS) is 14.9. The standard InChI is InChI=1S/C23H31N9O/c1-3-19(4-2)31-15-18(13-28-31)23-21-5-6-27-32(21)16-20(29-23)17(11-24)12-25-7-9-30-10-8-26-14-22(30)33/h5-6,11-13,15-16,19,24-26H,3-4,7-10,14H2,1-2H3/b17-12+,24-11?. The van der Waals surface area contributed by atoms with Gasteiger partial charge < -0.3 is 20.9 Å². The lowest BCUT2D eigenvalue weighted by Gasteiger charge is -2.27. The fraction of sp³-hybridized carbons (Fsp3) is 0.435. The molecule has 0 aromatic carbocycles. The quantitative estimate of drug-likeness (QED) is 0.322. The van der Waals surface area contributed by atoms with Crippen LogP contribution in [0.25, 0.3) is 22.3 Å². The van der Waals surface area contributed by atoms with Gasteiger partial charge in [0.05, 0.1) is 48.1 Å². The first-order valence-electron chi connectivity index (χ1n) is 11.5. The molecule has 4 heterocycles. The number of carbonyl (C=O) groups excluding carboxylic acids is 1. The van der Waals surface area contributed by atoms with Crippen molar-refractivity contribution >= 4 is 23.2 Å². The number of hydrogen-bond donors (Lipinski definition) is 3. The van der Waals surface area contributed by atoms with Crippen molar-refractivity contribution in [2.45, 2.75) is 32.7 Å². The summed E-state index contributed by atoms with van der Waals surface area (Å²) in [6, 6.07) is 2.28. The van der Waals surface area contributed by atoms with E-state index in [1.165, 1.54) is 6.21 Å². The van der Waals surface area contributed by atoms with Gasteiger partial charge in [0, 0.05) is 55.9 Å². The Hall–Kier alpha value is -3.53. The first-order chi connectivity index (χ1) is 16.1. The van der Waals surface area contributed by atoms with Crippen molar-refractivity contribution in [1.82, 2.24) is 39.9 Å². The molecule has 1 amide bonds. The van der Waals surface area contributed by atoms with Gasteiger partial charge in [-0.2, -0.15) is 10.2 Å². The Morgan fingerprint density at radius 1 is 1.30 bits per heavy atom. The molecular formula is C23H31N9O. The molecule has 0 bridgehead atoms. The Kier molecular flexibility index (Phi) is 7.13. The Labute approximate surface area is 193 Å². The SMILES string of the molecule is CCC(CC)n1cc(-c2nc(/C(C=N)=C/NCCN3CCNCC3=O)cn3nccc23)cn1. The van der Waals surface area contributed by atoms with Crippen LogP contribution in [0.2, 0.25) is 0 Å². The number of nitrogens with one attached hydrogen (secondary N) is 3. The average molecular weight is 450 g/mol. The monoisotopic (exact) mass is 449 g/mol. The smallest absolute Gasteiger partial charge is 0.236 e. The van der Waals surface area contributed by atoms with Gasteiger partial charge in [0.2, 0.25) is 5.91 Å². The Bertz CT molecular complexity index is 1140. The van der Waals surface area contributed by atoms with Crippen LogP contribution in [-0.2, 0) is 4.79 Å². The number of allylic oxidation sites excluding steroid dienone is 1. The number of carbonyl (C=O) groups is 1. The molecule has 3 N–H and O–H groups in total. The molecule has 0 unspecified atom stereocenters. The number of fused-ring (bicyclic) bond motifs is 1. The van der Waals surface area contributed by atoms with Crippen molar-refractivity contribution in [3.63, 3.8) is 0 Å². The van der Waals surface area contributed by atoms with Crippen molar-refractivity contribution in [2.75, 3.05) is 32.7 Å². The van der Waals surface area contributed by atoms with Gasteiger partial charge in [-0.15, -0.1) is 0 Å². The van der Waals surface area contributed by atoms with Gasteiger partial charge in [0.25, 0.3) is 0 Å². The average Bonchev–Trinajstić information content (AvgIpc) is 3.50. The van der Waals surface area contributed by atoms with Crippen molar-refractivity contribution in [2.24, 2.45) is 0 Å². The van der Waals surface area contributed by atoms with Crippen LogP contribution in [0, 0.1) is 5.41 Å². The molecule has 0 radical (unpaired) electrons. The summed E-state index contributed by atoms with van der Waals surface area (Å²) >= 11 is 0. The van der Waals surface area contributed by atoms with Crippen LogP contribution >= 0.6 is 0 Å². The molecule has 0 atom stereocenters. The summed E-state index contributed by atoms with van der Waals surface area (Å²) in [5, 5.41) is 23.2. The highest BCUT2D eigenvalue weighted by Gasteiger charge is 2.17. The third-order valence-corrected chi connectivity index (χ3v) is 6.00. The molecule has 3 aromatic rings. The third kappa shape index (κ3) is 4.95. The number of aromatic nitrogens is 5. The highest BCUT2D eigenvalue weighted by Crippen LogP contribution is 2.26. The van der Waals surface area contributed by atoms with E-state index in [1.807, 2.05) is 34.2 Å². The van der Waals surface area contributed by atoms with E-state index in [4.69, 9.17) is 10.4 Å². The van der Waals surface area contributed by atoms with E-state index in [9.17, 15) is 4.79 Å². The highest BCUT2D eigenvalue weighted by atomic mass is 16.2. The fourth-order valence-electron chi connectivity index (χ4n) is 4.05. The Morgan fingerprint density at radius 2 is 2.15 bits per heavy atom. The molecule has 1 aliphatic rings. The molecule has 3 aromatic heterocycles. The fourth-order valence-corrected chi connectivity index (χ4v) is 4.05. The van der Waals surface area contributed by atoms with Crippen LogP contribution in [0.4, 0.5) is 0 Å². The first kappa shape index (κ1) is 22.7. The van der Waals surface area contributed by atoms with Crippen LogP contribution in [0.1, 0.15) is 38.4 Å². The molecule has 4 rings (SSSR count). The van der Waals surface area contributed by atoms with Crippen molar-refractivity contribution in [3.8, 4) is 11.3 Å². The van der Waals surface area contributed by atoms with Crippen LogP contribution in [0.3, 0.4) is 0 Å². The van der Waals surface area contributed by atoms with Crippen molar-refractivity contribution in [1.29, 1.82) is 5.41 Å². The summed E-state index contributed by atoms with van der Waals surface area (Å²) in [5.74, 6) is 0.115. The maximum absolute atomic E-state index is 11.9. The van der Waals surface area contributed by atoms with Crippen LogP contribution in [0.5, 0.6) is 0 Å². The van der Waals surface area contributed by atoms with E-state index in [0.29, 0.717) is 43.5 Å². The number of hydrogen-bond acceptors (Lipinski definition) is 7. The molecule has 1 fully saturated rings. The van der Waals surface area contributed by atoms with Gasteiger partial charge in [-0.1, -0.05) is 13.8 Å². The molecule has 0 saturated carbocycles. The predicted octanol–water partition coefficient (Wildman–Crippen LogP) is 1.97. The molecule has 0 aliphatic carbocycles. The van der Waals surface area contributed by atoms with Gasteiger partial charge in [-0.3, -0.25) is 9.48 Å². The molecule has 33 heavy (non-hydrogen) atoms. The number of rotatable bonds is 10. The lowest BCUT2D eigenvalue weighted by Crippen LogP contribution is -2.49. The lowest BCUT2D eigenvalue weighted by molar-refractivity contribution is -0.131. The molecular weight excluding hydrogens is 418 g/mol. The van der Waals surface area contributed by atoms with Gasteiger partial charge in [-0.25, -0.2) is 9.50 Å². The zero-order chi connectivity index (χ0) is 23.2. The molecule has 174 valence electrons. The van der Waals surface area contributed by atoms with E-state index in [1.54, 1.807) is 16.9 Å². The first-order valence-corrected chi connectivity index (χ1v) is 11.5. The number of amides is 1. The Balaban J connectivity index is 1.56. The maximum Gasteiger partial charge on any atom is 0.236 e. The minimum absolute atomic E-state index is 0.115. The Morgan fingerprint density at radius 3 is 2.91 bits per heavy atom. The summed E-state index contributed by atoms with van der Waals surface area (Å²) in [5.41, 5.74) is 3.85. The second kappa shape index (κ2) is 10.4. The van der Waals surface area contributed by atoms with E-state index in [-0.39, 0.29) is 5.91 Å². The van der Waals surface area contributed by atoms with E-state index in [2.05, 4.69) is 34.7 Å². The summed E-state index contributed by atoms with van der Waals surface area (Å²) < 4.78 is 3.78. The van der Waals surface area contributed by atoms with E-state index >= 15 is 0 Å². The van der Waals surface area contributed by atoms with Crippen LogP contribution in [-0.4, -0.2) is 74.1 Å². The maximum atomic E-state index is 11.9. The zero-order valence-corrected chi connectivity index (χ0v) is 19.2. The largest absolute Gasteiger partial charge is 0.389 e. The molecule has 10 nitrogen and oxygen atoms in total. The number of nitrogens with zero attached hydrogens (tertiary/aromatic N) is 6. The minimum atomic E-state index is 0.115. The second-order valence-electron chi connectivity index (χ2n) is 8.07. The lowest BCUT2D eigenvalue weighted by atomic mass is 10.1.